The van der Waals surface area contributed by atoms with Crippen LogP contribution in [0.4, 0.5) is 0 Å². The van der Waals surface area contributed by atoms with Crippen LogP contribution in [0.3, 0.4) is 0 Å². The van der Waals surface area contributed by atoms with E-state index in [1.165, 1.54) is 0 Å². The predicted octanol–water partition coefficient (Wildman–Crippen LogP) is 2.07. The fourth-order valence-corrected chi connectivity index (χ4v) is 1.56. The van der Waals surface area contributed by atoms with Crippen molar-refractivity contribution >= 4 is 5.96 Å². The Kier molecular flexibility index (Phi) is 6.43. The van der Waals surface area contributed by atoms with E-state index in [0.29, 0.717) is 31.4 Å². The summed E-state index contributed by atoms with van der Waals surface area (Å²) in [4.78, 5) is 4.26. The molecule has 0 radical (unpaired) electrons. The van der Waals surface area contributed by atoms with Gasteiger partial charge in [-0.1, -0.05) is 18.2 Å². The van der Waals surface area contributed by atoms with E-state index in [2.05, 4.69) is 16.9 Å². The van der Waals surface area contributed by atoms with Gasteiger partial charge in [-0.05, 0) is 31.5 Å². The molecule has 1 aromatic carbocycles. The topological polar surface area (TPSA) is 68.9 Å². The van der Waals surface area contributed by atoms with E-state index in [0.717, 1.165) is 16.9 Å². The van der Waals surface area contributed by atoms with Crippen LogP contribution in [0.5, 0.6) is 11.5 Å². The van der Waals surface area contributed by atoms with Gasteiger partial charge in [0.05, 0.1) is 20.3 Å². The van der Waals surface area contributed by atoms with Crippen molar-refractivity contribution in [2.45, 2.75) is 20.4 Å². The van der Waals surface area contributed by atoms with E-state index >= 15 is 0 Å². The summed E-state index contributed by atoms with van der Waals surface area (Å²) in [6.07, 6.45) is 0. The molecule has 20 heavy (non-hydrogen) atoms. The van der Waals surface area contributed by atoms with Gasteiger partial charge in [-0.2, -0.15) is 0 Å². The molecular formula is C15H23N3O2. The molecule has 0 aromatic heterocycles. The number of nitrogens with zero attached hydrogens (tertiary/aromatic N) is 1. The molecule has 0 spiro atoms. The average molecular weight is 277 g/mol. The van der Waals surface area contributed by atoms with Gasteiger partial charge in [0, 0.05) is 6.54 Å². The summed E-state index contributed by atoms with van der Waals surface area (Å²) >= 11 is 0. The van der Waals surface area contributed by atoms with Gasteiger partial charge >= 0.3 is 0 Å². The van der Waals surface area contributed by atoms with Crippen molar-refractivity contribution in [2.24, 2.45) is 10.7 Å². The predicted molar refractivity (Wildman–Crippen MR) is 82.3 cm³/mol. The lowest BCUT2D eigenvalue weighted by molar-refractivity contribution is 0.310. The second-order valence-electron chi connectivity index (χ2n) is 4.43. The van der Waals surface area contributed by atoms with Crippen molar-refractivity contribution in [3.8, 4) is 11.5 Å². The monoisotopic (exact) mass is 277 g/mol. The van der Waals surface area contributed by atoms with Crippen LogP contribution >= 0.6 is 0 Å². The standard InChI is InChI=1S/C15H23N3O2/c1-5-20-13-7-6-12(8-14(13)19-4)10-18-15(16)17-9-11(2)3/h6-8H,2,5,9-10H2,1,3-4H3,(H3,16,17,18). The maximum atomic E-state index is 5.76. The molecule has 0 fully saturated rings. The van der Waals surface area contributed by atoms with Crippen molar-refractivity contribution in [2.75, 3.05) is 20.3 Å². The van der Waals surface area contributed by atoms with Gasteiger partial charge in [-0.15, -0.1) is 0 Å². The molecule has 3 N–H and O–H groups in total. The Morgan fingerprint density at radius 2 is 2.15 bits per heavy atom. The molecule has 1 aromatic rings. The molecule has 0 amide bonds. The summed E-state index contributed by atoms with van der Waals surface area (Å²) in [5, 5.41) is 2.98. The Labute approximate surface area is 120 Å². The van der Waals surface area contributed by atoms with Gasteiger partial charge < -0.3 is 20.5 Å². The molecule has 110 valence electrons. The fraction of sp³-hybridized carbons (Fsp3) is 0.400. The average Bonchev–Trinajstić information content (AvgIpc) is 2.44. The summed E-state index contributed by atoms with van der Waals surface area (Å²) in [7, 11) is 1.62. The maximum absolute atomic E-state index is 5.76. The highest BCUT2D eigenvalue weighted by Crippen LogP contribution is 2.28. The minimum atomic E-state index is 0.404. The third-order valence-electron chi connectivity index (χ3n) is 2.53. The van der Waals surface area contributed by atoms with Crippen LogP contribution in [-0.2, 0) is 6.54 Å². The van der Waals surface area contributed by atoms with E-state index in [1.807, 2.05) is 32.0 Å². The third-order valence-corrected chi connectivity index (χ3v) is 2.53. The second-order valence-corrected chi connectivity index (χ2v) is 4.43. The SMILES string of the molecule is C=C(C)CNC(N)=NCc1ccc(OCC)c(OC)c1. The molecular weight excluding hydrogens is 254 g/mol. The summed E-state index contributed by atoms with van der Waals surface area (Å²) in [6.45, 7) is 9.37. The van der Waals surface area contributed by atoms with Gasteiger partial charge in [-0.3, -0.25) is 0 Å². The molecule has 0 saturated carbocycles. The van der Waals surface area contributed by atoms with Crippen LogP contribution < -0.4 is 20.5 Å². The Morgan fingerprint density at radius 1 is 1.40 bits per heavy atom. The summed E-state index contributed by atoms with van der Waals surface area (Å²) in [5.41, 5.74) is 7.77. The molecule has 0 aliphatic carbocycles. The molecule has 5 nitrogen and oxygen atoms in total. The number of hydrogen-bond acceptors (Lipinski definition) is 3. The highest BCUT2D eigenvalue weighted by Gasteiger charge is 2.05. The Bertz CT molecular complexity index is 484. The highest BCUT2D eigenvalue weighted by atomic mass is 16.5. The van der Waals surface area contributed by atoms with Crippen LogP contribution in [0, 0.1) is 0 Å². The van der Waals surface area contributed by atoms with Gasteiger partial charge in [0.25, 0.3) is 0 Å². The zero-order valence-corrected chi connectivity index (χ0v) is 12.4. The number of guanidine groups is 1. The molecule has 0 saturated heterocycles. The highest BCUT2D eigenvalue weighted by molar-refractivity contribution is 5.78. The van der Waals surface area contributed by atoms with E-state index in [1.54, 1.807) is 7.11 Å². The molecule has 1 rings (SSSR count). The van der Waals surface area contributed by atoms with Crippen LogP contribution in [0.2, 0.25) is 0 Å². The lowest BCUT2D eigenvalue weighted by Crippen LogP contribution is -2.32. The molecule has 5 heteroatoms. The number of nitrogens with one attached hydrogen (secondary N) is 1. The van der Waals surface area contributed by atoms with Crippen molar-refractivity contribution in [3.05, 3.63) is 35.9 Å². The Balaban J connectivity index is 2.68. The van der Waals surface area contributed by atoms with Crippen molar-refractivity contribution < 1.29 is 9.47 Å². The van der Waals surface area contributed by atoms with Crippen molar-refractivity contribution in [3.63, 3.8) is 0 Å². The van der Waals surface area contributed by atoms with Gasteiger partial charge in [-0.25, -0.2) is 4.99 Å². The smallest absolute Gasteiger partial charge is 0.189 e. The van der Waals surface area contributed by atoms with Crippen LogP contribution in [0.1, 0.15) is 19.4 Å². The first-order chi connectivity index (χ1) is 9.56. The van der Waals surface area contributed by atoms with Gasteiger partial charge in [0.2, 0.25) is 0 Å². The number of ether oxygens (including phenoxy) is 2. The Morgan fingerprint density at radius 3 is 2.75 bits per heavy atom. The number of hydrogen-bond donors (Lipinski definition) is 2. The molecule has 0 aliphatic rings. The fourth-order valence-electron chi connectivity index (χ4n) is 1.56. The molecule has 0 heterocycles. The first-order valence-corrected chi connectivity index (χ1v) is 6.54. The van der Waals surface area contributed by atoms with Crippen LogP contribution in [0.25, 0.3) is 0 Å². The zero-order valence-electron chi connectivity index (χ0n) is 12.4. The van der Waals surface area contributed by atoms with Crippen molar-refractivity contribution in [1.29, 1.82) is 0 Å². The lowest BCUT2D eigenvalue weighted by atomic mass is 10.2. The quantitative estimate of drug-likeness (QED) is 0.455. The molecule has 0 aliphatic heterocycles. The molecule has 0 unspecified atom stereocenters. The number of benzene rings is 1. The second kappa shape index (κ2) is 8.09. The number of rotatable bonds is 7. The summed E-state index contributed by atoms with van der Waals surface area (Å²) in [6, 6.07) is 5.73. The van der Waals surface area contributed by atoms with E-state index in [9.17, 15) is 0 Å². The zero-order chi connectivity index (χ0) is 15.0. The van der Waals surface area contributed by atoms with E-state index in [4.69, 9.17) is 15.2 Å². The third kappa shape index (κ3) is 5.22. The van der Waals surface area contributed by atoms with Crippen molar-refractivity contribution in [1.82, 2.24) is 5.32 Å². The van der Waals surface area contributed by atoms with E-state index < -0.39 is 0 Å². The van der Waals surface area contributed by atoms with Crippen LogP contribution in [0.15, 0.2) is 35.3 Å². The summed E-state index contributed by atoms with van der Waals surface area (Å²) < 4.78 is 10.8. The normalized spacial score (nSPS) is 11.1. The summed E-state index contributed by atoms with van der Waals surface area (Å²) in [5.74, 6) is 1.84. The minimum Gasteiger partial charge on any atom is -0.493 e. The molecule has 0 bridgehead atoms. The van der Waals surface area contributed by atoms with Gasteiger partial charge in [0.15, 0.2) is 17.5 Å². The Hall–Kier alpha value is -2.17. The number of aliphatic imine (C=N–C) groups is 1. The number of methoxy groups -OCH3 is 1. The molecule has 0 atom stereocenters. The first-order valence-electron chi connectivity index (χ1n) is 6.54. The lowest BCUT2D eigenvalue weighted by Gasteiger charge is -2.10. The maximum Gasteiger partial charge on any atom is 0.189 e. The van der Waals surface area contributed by atoms with E-state index in [-0.39, 0.29) is 0 Å². The minimum absolute atomic E-state index is 0.404. The largest absolute Gasteiger partial charge is 0.493 e. The number of nitrogens with two attached hydrogens (primary N) is 1. The van der Waals surface area contributed by atoms with Gasteiger partial charge in [0.1, 0.15) is 0 Å². The first kappa shape index (κ1) is 15.9. The van der Waals surface area contributed by atoms with Crippen LogP contribution in [-0.4, -0.2) is 26.2 Å².